The van der Waals surface area contributed by atoms with Gasteiger partial charge in [-0.25, -0.2) is 0 Å². The van der Waals surface area contributed by atoms with Gasteiger partial charge in [0.1, 0.15) is 11.4 Å². The summed E-state index contributed by atoms with van der Waals surface area (Å²) in [4.78, 5) is 14.1. The van der Waals surface area contributed by atoms with Crippen LogP contribution in [0.2, 0.25) is 5.02 Å². The van der Waals surface area contributed by atoms with Gasteiger partial charge in [-0.2, -0.15) is 0 Å². The third-order valence-electron chi connectivity index (χ3n) is 4.69. The minimum Gasteiger partial charge on any atom is -0.487 e. The van der Waals surface area contributed by atoms with Crippen LogP contribution >= 0.6 is 23.4 Å². The molecule has 2 aromatic rings. The predicted molar refractivity (Wildman–Crippen MR) is 113 cm³/mol. The zero-order valence-electron chi connectivity index (χ0n) is 16.2. The van der Waals surface area contributed by atoms with Crippen LogP contribution in [-0.4, -0.2) is 16.8 Å². The Morgan fingerprint density at radius 2 is 2.00 bits per heavy atom. The molecular formula is C22H26ClNO2S. The van der Waals surface area contributed by atoms with Gasteiger partial charge in [0.2, 0.25) is 5.91 Å². The highest BCUT2D eigenvalue weighted by atomic mass is 35.5. The molecule has 1 aliphatic heterocycles. The lowest BCUT2D eigenvalue weighted by Crippen LogP contribution is -2.43. The van der Waals surface area contributed by atoms with Crippen molar-refractivity contribution >= 4 is 29.3 Å². The Balaban J connectivity index is 1.77. The second kappa shape index (κ2) is 8.15. The van der Waals surface area contributed by atoms with Gasteiger partial charge in [-0.1, -0.05) is 36.2 Å². The monoisotopic (exact) mass is 403 g/mol. The van der Waals surface area contributed by atoms with Gasteiger partial charge in [0, 0.05) is 21.9 Å². The summed E-state index contributed by atoms with van der Waals surface area (Å²) in [7, 11) is 0. The van der Waals surface area contributed by atoms with E-state index >= 15 is 0 Å². The molecule has 2 atom stereocenters. The van der Waals surface area contributed by atoms with Gasteiger partial charge >= 0.3 is 0 Å². The Kier molecular flexibility index (Phi) is 6.07. The smallest absolute Gasteiger partial charge is 0.233 e. The second-order valence-electron chi connectivity index (χ2n) is 7.64. The number of hydrogen-bond donors (Lipinski definition) is 1. The summed E-state index contributed by atoms with van der Waals surface area (Å²) in [5, 5.41) is 3.83. The number of benzene rings is 2. The van der Waals surface area contributed by atoms with E-state index in [0.29, 0.717) is 5.02 Å². The van der Waals surface area contributed by atoms with E-state index in [-0.39, 0.29) is 22.8 Å². The first-order valence-corrected chi connectivity index (χ1v) is 10.6. The number of ether oxygens (including phenoxy) is 1. The summed E-state index contributed by atoms with van der Waals surface area (Å²) in [6.45, 7) is 8.23. The van der Waals surface area contributed by atoms with Gasteiger partial charge in [-0.3, -0.25) is 4.79 Å². The van der Waals surface area contributed by atoms with Crippen LogP contribution in [0.25, 0.3) is 0 Å². The molecule has 27 heavy (non-hydrogen) atoms. The SMILES string of the molecule is CC[C@H](Sc1ccc(Cl)cc1)C(=O)N[C@@H]1CC(C)(C)Oc2ccc(C)cc21. The van der Waals surface area contributed by atoms with Crippen molar-refractivity contribution in [2.24, 2.45) is 0 Å². The molecule has 0 bridgehead atoms. The molecule has 1 heterocycles. The van der Waals surface area contributed by atoms with Crippen molar-refractivity contribution in [1.82, 2.24) is 5.32 Å². The van der Waals surface area contributed by atoms with Crippen LogP contribution in [0.15, 0.2) is 47.4 Å². The number of fused-ring (bicyclic) bond motifs is 1. The number of amides is 1. The fourth-order valence-electron chi connectivity index (χ4n) is 3.37. The average molecular weight is 404 g/mol. The molecule has 0 saturated carbocycles. The van der Waals surface area contributed by atoms with Crippen molar-refractivity contribution in [2.75, 3.05) is 0 Å². The average Bonchev–Trinajstić information content (AvgIpc) is 2.61. The van der Waals surface area contributed by atoms with Gasteiger partial charge in [0.25, 0.3) is 0 Å². The molecule has 144 valence electrons. The highest BCUT2D eigenvalue weighted by Gasteiger charge is 2.35. The molecule has 0 aromatic heterocycles. The van der Waals surface area contributed by atoms with Crippen LogP contribution in [0.4, 0.5) is 0 Å². The molecule has 0 radical (unpaired) electrons. The van der Waals surface area contributed by atoms with Crippen LogP contribution in [0.5, 0.6) is 5.75 Å². The van der Waals surface area contributed by atoms with Crippen LogP contribution < -0.4 is 10.1 Å². The Hall–Kier alpha value is -1.65. The molecule has 1 aliphatic rings. The number of nitrogens with one attached hydrogen (secondary N) is 1. The zero-order chi connectivity index (χ0) is 19.6. The number of thioether (sulfide) groups is 1. The van der Waals surface area contributed by atoms with Gasteiger partial charge in [0.05, 0.1) is 11.3 Å². The molecule has 0 unspecified atom stereocenters. The third kappa shape index (κ3) is 4.99. The van der Waals surface area contributed by atoms with Crippen molar-refractivity contribution in [2.45, 2.75) is 62.3 Å². The standard InChI is InChI=1S/C22H26ClNO2S/c1-5-20(27-16-9-7-15(23)8-10-16)21(25)24-18-13-22(3,4)26-19-11-6-14(2)12-17(18)19/h6-12,18,20H,5,13H2,1-4H3,(H,24,25)/t18-,20+/m1/s1. The molecule has 5 heteroatoms. The van der Waals surface area contributed by atoms with E-state index < -0.39 is 0 Å². The summed E-state index contributed by atoms with van der Waals surface area (Å²) in [6, 6.07) is 13.7. The lowest BCUT2D eigenvalue weighted by atomic mass is 9.89. The maximum Gasteiger partial charge on any atom is 0.233 e. The van der Waals surface area contributed by atoms with E-state index in [9.17, 15) is 4.79 Å². The Bertz CT molecular complexity index is 820. The van der Waals surface area contributed by atoms with E-state index in [2.05, 4.69) is 32.2 Å². The maximum absolute atomic E-state index is 13.0. The summed E-state index contributed by atoms with van der Waals surface area (Å²) < 4.78 is 6.11. The maximum atomic E-state index is 13.0. The van der Waals surface area contributed by atoms with Crippen LogP contribution in [0.1, 0.15) is 50.8 Å². The molecule has 3 nitrogen and oxygen atoms in total. The fraction of sp³-hybridized carbons (Fsp3) is 0.409. The largest absolute Gasteiger partial charge is 0.487 e. The van der Waals surface area contributed by atoms with Gasteiger partial charge in [-0.15, -0.1) is 11.8 Å². The van der Waals surface area contributed by atoms with Crippen LogP contribution in [0, 0.1) is 6.92 Å². The first-order valence-electron chi connectivity index (χ1n) is 9.29. The summed E-state index contributed by atoms with van der Waals surface area (Å²) in [5.74, 6) is 0.924. The van der Waals surface area contributed by atoms with Gasteiger partial charge in [0.15, 0.2) is 0 Å². The Morgan fingerprint density at radius 1 is 1.30 bits per heavy atom. The first-order chi connectivity index (χ1) is 12.8. The molecule has 1 N–H and O–H groups in total. The fourth-order valence-corrected chi connectivity index (χ4v) is 4.46. The Labute approximate surface area is 170 Å². The predicted octanol–water partition coefficient (Wildman–Crippen LogP) is 5.94. The van der Waals surface area contributed by atoms with E-state index in [0.717, 1.165) is 29.1 Å². The lowest BCUT2D eigenvalue weighted by molar-refractivity contribution is -0.121. The topological polar surface area (TPSA) is 38.3 Å². The minimum atomic E-state index is -0.314. The summed E-state index contributed by atoms with van der Waals surface area (Å²) in [6.07, 6.45) is 1.50. The molecule has 0 fully saturated rings. The van der Waals surface area contributed by atoms with E-state index in [1.165, 1.54) is 5.56 Å². The second-order valence-corrected chi connectivity index (χ2v) is 9.35. The van der Waals surface area contributed by atoms with Crippen molar-refractivity contribution in [3.8, 4) is 5.75 Å². The number of rotatable bonds is 5. The number of aryl methyl sites for hydroxylation is 1. The number of carbonyl (C=O) groups is 1. The number of halogens is 1. The van der Waals surface area contributed by atoms with Gasteiger partial charge in [-0.05, 0) is 57.5 Å². The van der Waals surface area contributed by atoms with E-state index in [1.807, 2.05) is 43.3 Å². The molecule has 0 aliphatic carbocycles. The van der Waals surface area contributed by atoms with Crippen molar-refractivity contribution in [1.29, 1.82) is 0 Å². The lowest BCUT2D eigenvalue weighted by Gasteiger charge is -2.38. The number of hydrogen-bond acceptors (Lipinski definition) is 3. The zero-order valence-corrected chi connectivity index (χ0v) is 17.8. The van der Waals surface area contributed by atoms with Crippen LogP contribution in [-0.2, 0) is 4.79 Å². The highest BCUT2D eigenvalue weighted by Crippen LogP contribution is 2.40. The molecule has 1 amide bonds. The van der Waals surface area contributed by atoms with Crippen molar-refractivity contribution in [3.63, 3.8) is 0 Å². The molecule has 3 rings (SSSR count). The molecular weight excluding hydrogens is 378 g/mol. The normalized spacial score (nSPS) is 18.9. The van der Waals surface area contributed by atoms with Crippen molar-refractivity contribution in [3.05, 3.63) is 58.6 Å². The molecule has 2 aromatic carbocycles. The highest BCUT2D eigenvalue weighted by molar-refractivity contribution is 8.00. The van der Waals surface area contributed by atoms with Gasteiger partial charge < -0.3 is 10.1 Å². The first kappa shape index (κ1) is 20.1. The summed E-state index contributed by atoms with van der Waals surface area (Å²) in [5.41, 5.74) is 1.92. The third-order valence-corrected chi connectivity index (χ3v) is 6.32. The summed E-state index contributed by atoms with van der Waals surface area (Å²) >= 11 is 7.54. The quantitative estimate of drug-likeness (QED) is 0.628. The molecule has 0 spiro atoms. The van der Waals surface area contributed by atoms with Crippen molar-refractivity contribution < 1.29 is 9.53 Å². The van der Waals surface area contributed by atoms with Crippen LogP contribution in [0.3, 0.4) is 0 Å². The van der Waals surface area contributed by atoms with E-state index in [4.69, 9.17) is 16.3 Å². The Morgan fingerprint density at radius 3 is 2.67 bits per heavy atom. The number of carbonyl (C=O) groups excluding carboxylic acids is 1. The minimum absolute atomic E-state index is 0.0454. The van der Waals surface area contributed by atoms with E-state index in [1.54, 1.807) is 11.8 Å². The molecule has 0 saturated heterocycles.